The Morgan fingerprint density at radius 1 is 1.11 bits per heavy atom. The molecule has 1 amide bonds. The lowest BCUT2D eigenvalue weighted by Gasteiger charge is -2.04. The third-order valence-corrected chi connectivity index (χ3v) is 2.82. The first-order valence-corrected chi connectivity index (χ1v) is 6.27. The second kappa shape index (κ2) is 6.64. The van der Waals surface area contributed by atoms with E-state index in [9.17, 15) is 4.79 Å². The Balaban J connectivity index is 1.62. The van der Waals surface area contributed by atoms with Gasteiger partial charge in [0.2, 0.25) is 5.91 Å². The van der Waals surface area contributed by atoms with Crippen LogP contribution < -0.4 is 5.32 Å². The van der Waals surface area contributed by atoms with Gasteiger partial charge in [-0.3, -0.25) is 4.79 Å². The van der Waals surface area contributed by atoms with Crippen molar-refractivity contribution in [2.24, 2.45) is 0 Å². The summed E-state index contributed by atoms with van der Waals surface area (Å²) < 4.78 is 0. The number of nitrogens with one attached hydrogen (secondary N) is 2. The van der Waals surface area contributed by atoms with Gasteiger partial charge < -0.3 is 10.3 Å². The van der Waals surface area contributed by atoms with Gasteiger partial charge >= 0.3 is 0 Å². The fraction of sp³-hybridized carbons (Fsp3) is 0.267. The van der Waals surface area contributed by atoms with Crippen molar-refractivity contribution in [2.75, 3.05) is 6.54 Å². The Bertz CT molecular complexity index is 463. The molecule has 1 heterocycles. The van der Waals surface area contributed by atoms with Gasteiger partial charge in [0.05, 0.1) is 6.42 Å². The van der Waals surface area contributed by atoms with Crippen LogP contribution in [0.4, 0.5) is 0 Å². The van der Waals surface area contributed by atoms with E-state index < -0.39 is 0 Å². The number of rotatable bonds is 6. The van der Waals surface area contributed by atoms with Crippen molar-refractivity contribution in [1.29, 1.82) is 0 Å². The maximum absolute atomic E-state index is 11.6. The van der Waals surface area contributed by atoms with Gasteiger partial charge in [-0.15, -0.1) is 0 Å². The van der Waals surface area contributed by atoms with Crippen LogP contribution in [0.3, 0.4) is 0 Å². The van der Waals surface area contributed by atoms with Crippen molar-refractivity contribution in [3.05, 3.63) is 59.9 Å². The molecular formula is C15H18N2O. The van der Waals surface area contributed by atoms with Crippen LogP contribution in [0, 0.1) is 0 Å². The predicted octanol–water partition coefficient (Wildman–Crippen LogP) is 2.31. The molecule has 0 fully saturated rings. The Morgan fingerprint density at radius 3 is 2.67 bits per heavy atom. The summed E-state index contributed by atoms with van der Waals surface area (Å²) >= 11 is 0. The fourth-order valence-electron chi connectivity index (χ4n) is 1.88. The third kappa shape index (κ3) is 4.09. The fourth-order valence-corrected chi connectivity index (χ4v) is 1.88. The summed E-state index contributed by atoms with van der Waals surface area (Å²) in [5, 5.41) is 2.93. The smallest absolute Gasteiger partial charge is 0.225 e. The third-order valence-electron chi connectivity index (χ3n) is 2.82. The molecular weight excluding hydrogens is 224 g/mol. The first-order chi connectivity index (χ1) is 8.84. The monoisotopic (exact) mass is 242 g/mol. The van der Waals surface area contributed by atoms with Crippen molar-refractivity contribution in [3.8, 4) is 0 Å². The number of aryl methyl sites for hydroxylation is 1. The van der Waals surface area contributed by atoms with Crippen molar-refractivity contribution in [1.82, 2.24) is 10.3 Å². The Kier molecular flexibility index (Phi) is 4.59. The highest BCUT2D eigenvalue weighted by molar-refractivity contribution is 5.78. The molecule has 0 spiro atoms. The molecule has 0 aliphatic heterocycles. The molecule has 2 aromatic rings. The molecule has 0 aliphatic carbocycles. The molecule has 1 aromatic carbocycles. The summed E-state index contributed by atoms with van der Waals surface area (Å²) in [4.78, 5) is 14.6. The maximum atomic E-state index is 11.6. The first kappa shape index (κ1) is 12.4. The molecule has 0 bridgehead atoms. The lowest BCUT2D eigenvalue weighted by molar-refractivity contribution is -0.120. The molecule has 0 saturated heterocycles. The predicted molar refractivity (Wildman–Crippen MR) is 72.3 cm³/mol. The van der Waals surface area contributed by atoms with Crippen molar-refractivity contribution < 1.29 is 4.79 Å². The number of carbonyl (C=O) groups is 1. The minimum absolute atomic E-state index is 0.0745. The summed E-state index contributed by atoms with van der Waals surface area (Å²) in [6, 6.07) is 14.1. The van der Waals surface area contributed by atoms with Gasteiger partial charge in [-0.1, -0.05) is 30.3 Å². The molecule has 0 saturated carbocycles. The van der Waals surface area contributed by atoms with Gasteiger partial charge in [0, 0.05) is 18.4 Å². The second-order valence-electron chi connectivity index (χ2n) is 4.31. The zero-order valence-electron chi connectivity index (χ0n) is 10.4. The minimum Gasteiger partial charge on any atom is -0.365 e. The SMILES string of the molecule is O=C(Cc1ccc[nH]1)NCCCc1ccccc1. The van der Waals surface area contributed by atoms with Crippen LogP contribution in [-0.4, -0.2) is 17.4 Å². The van der Waals surface area contributed by atoms with Gasteiger partial charge in [-0.2, -0.15) is 0 Å². The summed E-state index contributed by atoms with van der Waals surface area (Å²) in [6.07, 6.45) is 4.24. The number of carbonyl (C=O) groups excluding carboxylic acids is 1. The molecule has 94 valence electrons. The quantitative estimate of drug-likeness (QED) is 0.750. The molecule has 0 atom stereocenters. The van der Waals surface area contributed by atoms with Gasteiger partial charge in [0.25, 0.3) is 0 Å². The standard InChI is InChI=1S/C15H18N2O/c18-15(12-14-9-5-10-16-14)17-11-4-8-13-6-2-1-3-7-13/h1-3,5-7,9-10,16H,4,8,11-12H2,(H,17,18). The van der Waals surface area contributed by atoms with E-state index in [0.717, 1.165) is 25.1 Å². The average molecular weight is 242 g/mol. The molecule has 18 heavy (non-hydrogen) atoms. The second-order valence-corrected chi connectivity index (χ2v) is 4.31. The number of hydrogen-bond donors (Lipinski definition) is 2. The molecule has 0 unspecified atom stereocenters. The number of H-pyrrole nitrogens is 1. The summed E-state index contributed by atoms with van der Waals surface area (Å²) in [6.45, 7) is 0.731. The molecule has 3 heteroatoms. The largest absolute Gasteiger partial charge is 0.365 e. The van der Waals surface area contributed by atoms with Gasteiger partial charge in [-0.05, 0) is 30.5 Å². The van der Waals surface area contributed by atoms with Crippen molar-refractivity contribution in [3.63, 3.8) is 0 Å². The van der Waals surface area contributed by atoms with Crippen LogP contribution in [0.5, 0.6) is 0 Å². The lowest BCUT2D eigenvalue weighted by atomic mass is 10.1. The van der Waals surface area contributed by atoms with E-state index >= 15 is 0 Å². The van der Waals surface area contributed by atoms with E-state index in [4.69, 9.17) is 0 Å². The zero-order chi connectivity index (χ0) is 12.6. The number of aromatic amines is 1. The molecule has 2 rings (SSSR count). The lowest BCUT2D eigenvalue weighted by Crippen LogP contribution is -2.26. The van der Waals surface area contributed by atoms with Crippen LogP contribution in [0.2, 0.25) is 0 Å². The molecule has 0 aliphatic rings. The van der Waals surface area contributed by atoms with Crippen LogP contribution in [0.15, 0.2) is 48.7 Å². The van der Waals surface area contributed by atoms with E-state index in [1.165, 1.54) is 5.56 Å². The zero-order valence-corrected chi connectivity index (χ0v) is 10.4. The number of benzene rings is 1. The topological polar surface area (TPSA) is 44.9 Å². The minimum atomic E-state index is 0.0745. The Morgan fingerprint density at radius 2 is 1.94 bits per heavy atom. The van der Waals surface area contributed by atoms with Gasteiger partial charge in [0.1, 0.15) is 0 Å². The Hall–Kier alpha value is -2.03. The van der Waals surface area contributed by atoms with E-state index in [1.54, 1.807) is 0 Å². The number of amides is 1. The molecule has 0 radical (unpaired) electrons. The highest BCUT2D eigenvalue weighted by Gasteiger charge is 2.02. The molecule has 2 N–H and O–H groups in total. The highest BCUT2D eigenvalue weighted by Crippen LogP contribution is 2.01. The van der Waals surface area contributed by atoms with E-state index in [1.807, 2.05) is 36.5 Å². The maximum Gasteiger partial charge on any atom is 0.225 e. The van der Waals surface area contributed by atoms with E-state index in [2.05, 4.69) is 22.4 Å². The number of hydrogen-bond acceptors (Lipinski definition) is 1. The first-order valence-electron chi connectivity index (χ1n) is 6.27. The Labute approximate surface area is 107 Å². The summed E-state index contributed by atoms with van der Waals surface area (Å²) in [7, 11) is 0. The van der Waals surface area contributed by atoms with Gasteiger partial charge in [0.15, 0.2) is 0 Å². The van der Waals surface area contributed by atoms with Crippen LogP contribution >= 0.6 is 0 Å². The van der Waals surface area contributed by atoms with E-state index in [-0.39, 0.29) is 5.91 Å². The van der Waals surface area contributed by atoms with Crippen LogP contribution in [0.1, 0.15) is 17.7 Å². The molecule has 3 nitrogen and oxygen atoms in total. The average Bonchev–Trinajstić information content (AvgIpc) is 2.89. The highest BCUT2D eigenvalue weighted by atomic mass is 16.1. The normalized spacial score (nSPS) is 10.2. The summed E-state index contributed by atoms with van der Waals surface area (Å²) in [5.41, 5.74) is 2.27. The van der Waals surface area contributed by atoms with E-state index in [0.29, 0.717) is 6.42 Å². The summed E-state index contributed by atoms with van der Waals surface area (Å²) in [5.74, 6) is 0.0745. The van der Waals surface area contributed by atoms with Crippen LogP contribution in [-0.2, 0) is 17.6 Å². The van der Waals surface area contributed by atoms with Crippen LogP contribution in [0.25, 0.3) is 0 Å². The number of aromatic nitrogens is 1. The van der Waals surface area contributed by atoms with Crippen molar-refractivity contribution >= 4 is 5.91 Å². The van der Waals surface area contributed by atoms with Gasteiger partial charge in [-0.25, -0.2) is 0 Å². The van der Waals surface area contributed by atoms with Crippen molar-refractivity contribution in [2.45, 2.75) is 19.3 Å². The molecule has 1 aromatic heterocycles.